The summed E-state index contributed by atoms with van der Waals surface area (Å²) >= 11 is 0.891. The summed E-state index contributed by atoms with van der Waals surface area (Å²) in [6, 6.07) is 2.82. The summed E-state index contributed by atoms with van der Waals surface area (Å²) in [7, 11) is 0. The lowest BCUT2D eigenvalue weighted by molar-refractivity contribution is -0.380. The van der Waals surface area contributed by atoms with Gasteiger partial charge >= 0.3 is 11.0 Å². The van der Waals surface area contributed by atoms with E-state index in [0.717, 1.165) is 11.3 Å². The number of nitrogens with zero attached hydrogens (tertiary/aromatic N) is 2. The molecular formula is C11H10N2O5S. The number of carboxylic acid groups (broad SMARTS) is 1. The number of nitro groups is 1. The Morgan fingerprint density at radius 2 is 2.21 bits per heavy atom. The van der Waals surface area contributed by atoms with Gasteiger partial charge in [0, 0.05) is 6.07 Å². The first kappa shape index (κ1) is 13.2. The van der Waals surface area contributed by atoms with Crippen LogP contribution in [0, 0.1) is 10.1 Å². The predicted molar refractivity (Wildman–Crippen MR) is 67.5 cm³/mol. The third-order valence-electron chi connectivity index (χ3n) is 2.38. The van der Waals surface area contributed by atoms with Gasteiger partial charge in [0.2, 0.25) is 11.7 Å². The Morgan fingerprint density at radius 3 is 2.63 bits per heavy atom. The van der Waals surface area contributed by atoms with Crippen LogP contribution in [0.4, 0.5) is 5.00 Å². The van der Waals surface area contributed by atoms with Gasteiger partial charge in [0.25, 0.3) is 0 Å². The molecule has 8 heteroatoms. The van der Waals surface area contributed by atoms with E-state index >= 15 is 0 Å². The van der Waals surface area contributed by atoms with Crippen LogP contribution in [0.25, 0.3) is 10.8 Å². The smallest absolute Gasteiger partial charge is 0.373 e. The van der Waals surface area contributed by atoms with Crippen LogP contribution >= 0.6 is 11.3 Å². The van der Waals surface area contributed by atoms with E-state index in [1.54, 1.807) is 13.8 Å². The van der Waals surface area contributed by atoms with E-state index in [1.165, 1.54) is 12.1 Å². The van der Waals surface area contributed by atoms with E-state index in [1.807, 2.05) is 0 Å². The molecule has 0 saturated carbocycles. The summed E-state index contributed by atoms with van der Waals surface area (Å²) in [6.45, 7) is 3.59. The summed E-state index contributed by atoms with van der Waals surface area (Å²) in [5.41, 5.74) is 0.332. The molecule has 0 atom stereocenters. The lowest BCUT2D eigenvalue weighted by Crippen LogP contribution is -2.01. The monoisotopic (exact) mass is 282 g/mol. The zero-order chi connectivity index (χ0) is 14.2. The molecule has 0 spiro atoms. The average Bonchev–Trinajstić information content (AvgIpc) is 2.95. The van der Waals surface area contributed by atoms with Crippen molar-refractivity contribution in [2.45, 2.75) is 19.8 Å². The van der Waals surface area contributed by atoms with E-state index in [0.29, 0.717) is 10.6 Å². The fraction of sp³-hybridized carbons (Fsp3) is 0.273. The minimum atomic E-state index is -1.20. The molecule has 0 radical (unpaired) electrons. The quantitative estimate of drug-likeness (QED) is 0.682. The van der Waals surface area contributed by atoms with Gasteiger partial charge in [-0.3, -0.25) is 10.1 Å². The third kappa shape index (κ3) is 2.48. The Hall–Kier alpha value is -2.22. The van der Waals surface area contributed by atoms with E-state index in [9.17, 15) is 14.9 Å². The fourth-order valence-corrected chi connectivity index (χ4v) is 2.27. The highest BCUT2D eigenvalue weighted by Gasteiger charge is 2.24. The van der Waals surface area contributed by atoms with Crippen molar-refractivity contribution in [3.8, 4) is 10.8 Å². The van der Waals surface area contributed by atoms with Gasteiger partial charge in [0.05, 0.1) is 15.5 Å². The third-order valence-corrected chi connectivity index (χ3v) is 3.40. The van der Waals surface area contributed by atoms with Crippen molar-refractivity contribution >= 4 is 22.3 Å². The van der Waals surface area contributed by atoms with Crippen molar-refractivity contribution in [3.63, 3.8) is 0 Å². The molecule has 2 aromatic heterocycles. The highest BCUT2D eigenvalue weighted by atomic mass is 32.1. The van der Waals surface area contributed by atoms with Gasteiger partial charge in [-0.15, -0.1) is 0 Å². The molecule has 0 aliphatic rings. The molecule has 7 nitrogen and oxygen atoms in total. The first-order valence-electron chi connectivity index (χ1n) is 5.38. The minimum absolute atomic E-state index is 0.0452. The molecule has 0 fully saturated rings. The molecule has 0 amide bonds. The van der Waals surface area contributed by atoms with Crippen molar-refractivity contribution in [1.29, 1.82) is 0 Å². The van der Waals surface area contributed by atoms with Gasteiger partial charge in [-0.2, -0.15) is 0 Å². The Bertz CT molecular complexity index is 643. The first-order chi connectivity index (χ1) is 8.90. The maximum Gasteiger partial charge on any atom is 0.373 e. The first-order valence-corrected chi connectivity index (χ1v) is 6.20. The summed E-state index contributed by atoms with van der Waals surface area (Å²) < 4.78 is 5.19. The number of oxazole rings is 1. The highest BCUT2D eigenvalue weighted by Crippen LogP contribution is 2.34. The van der Waals surface area contributed by atoms with Gasteiger partial charge in [-0.1, -0.05) is 25.2 Å². The maximum atomic E-state index is 11.0. The maximum absolute atomic E-state index is 11.0. The molecule has 0 saturated heterocycles. The van der Waals surface area contributed by atoms with E-state index < -0.39 is 10.9 Å². The van der Waals surface area contributed by atoms with E-state index in [2.05, 4.69) is 4.98 Å². The van der Waals surface area contributed by atoms with Crippen LogP contribution in [0.1, 0.15) is 36.0 Å². The van der Waals surface area contributed by atoms with Gasteiger partial charge < -0.3 is 9.52 Å². The average molecular weight is 282 g/mol. The van der Waals surface area contributed by atoms with Crippen molar-refractivity contribution in [3.05, 3.63) is 33.7 Å². The van der Waals surface area contributed by atoms with Crippen LogP contribution in [0.2, 0.25) is 0 Å². The van der Waals surface area contributed by atoms with E-state index in [-0.39, 0.29) is 22.6 Å². The highest BCUT2D eigenvalue weighted by molar-refractivity contribution is 7.18. The summed E-state index contributed by atoms with van der Waals surface area (Å²) in [5.74, 6) is -1.44. The molecule has 0 aliphatic carbocycles. The molecule has 2 rings (SSSR count). The summed E-state index contributed by atoms with van der Waals surface area (Å²) in [5, 5.41) is 19.6. The van der Waals surface area contributed by atoms with E-state index in [4.69, 9.17) is 9.52 Å². The second-order valence-electron chi connectivity index (χ2n) is 4.09. The molecule has 100 valence electrons. The number of carboxylic acids is 1. The number of aromatic nitrogens is 1. The van der Waals surface area contributed by atoms with Gasteiger partial charge in [-0.05, 0) is 12.0 Å². The second kappa shape index (κ2) is 4.81. The van der Waals surface area contributed by atoms with Crippen molar-refractivity contribution in [2.75, 3.05) is 0 Å². The Morgan fingerprint density at radius 1 is 1.53 bits per heavy atom. The zero-order valence-electron chi connectivity index (χ0n) is 10.1. The fourth-order valence-electron chi connectivity index (χ4n) is 1.52. The molecule has 1 N–H and O–H groups in total. The standard InChI is InChI=1S/C11H10N2O5S/c1-5(2)8-9(11(14)15)18-10(12-8)6-3-4-7(19-6)13(16)17/h3-5H,1-2H3,(H,14,15). The molecule has 2 aromatic rings. The van der Waals surface area contributed by atoms with Gasteiger partial charge in [0.1, 0.15) is 0 Å². The zero-order valence-corrected chi connectivity index (χ0v) is 10.9. The van der Waals surface area contributed by atoms with Crippen molar-refractivity contribution < 1.29 is 19.2 Å². The second-order valence-corrected chi connectivity index (χ2v) is 5.15. The van der Waals surface area contributed by atoms with Crippen LogP contribution in [0.3, 0.4) is 0 Å². The van der Waals surface area contributed by atoms with Crippen LogP contribution in [0.15, 0.2) is 16.5 Å². The van der Waals surface area contributed by atoms with Crippen LogP contribution in [-0.2, 0) is 0 Å². The van der Waals surface area contributed by atoms with Gasteiger partial charge in [-0.25, -0.2) is 9.78 Å². The molecule has 2 heterocycles. The predicted octanol–water partition coefficient (Wildman–Crippen LogP) is 3.13. The number of thiophene rings is 1. The van der Waals surface area contributed by atoms with Crippen LogP contribution < -0.4 is 0 Å². The lowest BCUT2D eigenvalue weighted by Gasteiger charge is -1.98. The number of hydrogen-bond donors (Lipinski definition) is 1. The van der Waals surface area contributed by atoms with Gasteiger partial charge in [0.15, 0.2) is 0 Å². The molecular weight excluding hydrogens is 272 g/mol. The summed E-state index contributed by atoms with van der Waals surface area (Å²) in [6.07, 6.45) is 0. The Balaban J connectivity index is 2.47. The number of carbonyl (C=O) groups is 1. The molecule has 0 aliphatic heterocycles. The topological polar surface area (TPSA) is 106 Å². The number of aromatic carboxylic acids is 1. The van der Waals surface area contributed by atoms with Crippen LogP contribution in [-0.4, -0.2) is 21.0 Å². The summed E-state index contributed by atoms with van der Waals surface area (Å²) in [4.78, 5) is 25.7. The minimum Gasteiger partial charge on any atom is -0.475 e. The SMILES string of the molecule is CC(C)c1nc(-c2ccc([N+](=O)[O-])s2)oc1C(=O)O. The largest absolute Gasteiger partial charge is 0.475 e. The molecule has 0 bridgehead atoms. The Kier molecular flexibility index (Phi) is 3.34. The van der Waals surface area contributed by atoms with Crippen molar-refractivity contribution in [2.24, 2.45) is 0 Å². The molecule has 19 heavy (non-hydrogen) atoms. The Labute approximate surface area is 111 Å². The van der Waals surface area contributed by atoms with Crippen LogP contribution in [0.5, 0.6) is 0 Å². The lowest BCUT2D eigenvalue weighted by atomic mass is 10.1. The molecule has 0 unspecified atom stereocenters. The molecule has 0 aromatic carbocycles. The van der Waals surface area contributed by atoms with Crippen molar-refractivity contribution in [1.82, 2.24) is 4.98 Å². The normalized spacial score (nSPS) is 10.9. The number of hydrogen-bond acceptors (Lipinski definition) is 6. The number of rotatable bonds is 4.